The second-order valence-electron chi connectivity index (χ2n) is 14.9. The van der Waals surface area contributed by atoms with Gasteiger partial charge < -0.3 is 34.9 Å². The van der Waals surface area contributed by atoms with E-state index in [-0.39, 0.29) is 38.6 Å². The summed E-state index contributed by atoms with van der Waals surface area (Å²) in [7, 11) is 0. The normalized spacial score (nSPS) is 18.5. The molecule has 1 aliphatic heterocycles. The summed E-state index contributed by atoms with van der Waals surface area (Å²) >= 11 is 1.54. The number of rotatable bonds is 17. The number of β-amino-alcohol motifs (C(OH)–C–C–N with tert-alkyl or cyclic N) is 1. The lowest BCUT2D eigenvalue weighted by Gasteiger charge is -2.35. The molecule has 13 heteroatoms. The first kappa shape index (κ1) is 40.3. The fourth-order valence-electron chi connectivity index (χ4n) is 6.42. The molecule has 2 aliphatic rings. The molecule has 1 saturated heterocycles. The maximum Gasteiger partial charge on any atom is 0.258 e. The third-order valence-corrected chi connectivity index (χ3v) is 10.6. The highest BCUT2D eigenvalue weighted by Gasteiger charge is 2.53. The molecule has 3 atom stereocenters. The van der Waals surface area contributed by atoms with Crippen LogP contribution in [0.25, 0.3) is 10.4 Å². The third kappa shape index (κ3) is 10.2. The minimum atomic E-state index is -1.96. The van der Waals surface area contributed by atoms with Gasteiger partial charge in [-0.15, -0.1) is 11.3 Å². The van der Waals surface area contributed by atoms with E-state index in [9.17, 15) is 23.9 Å². The van der Waals surface area contributed by atoms with Crippen LogP contribution in [0, 0.1) is 12.3 Å². The molecule has 0 radical (unpaired) electrons. The lowest BCUT2D eigenvalue weighted by atomic mass is 9.85. The van der Waals surface area contributed by atoms with Crippen LogP contribution in [0.15, 0.2) is 48.0 Å². The van der Waals surface area contributed by atoms with Gasteiger partial charge in [0.2, 0.25) is 11.8 Å². The molecule has 2 aromatic carbocycles. The molecule has 3 N–H and O–H groups in total. The van der Waals surface area contributed by atoms with Crippen LogP contribution in [0.4, 0.5) is 4.39 Å². The zero-order chi connectivity index (χ0) is 38.3. The molecule has 3 aromatic rings. The maximum atomic E-state index is 14.6. The van der Waals surface area contributed by atoms with Crippen molar-refractivity contribution in [1.29, 1.82) is 0 Å². The largest absolute Gasteiger partial charge is 0.493 e. The fraction of sp³-hybridized carbons (Fsp3) is 0.550. The SMILES string of the molecule is CCOC(OCC)c1ccc(CCCOc2cc(-c3scnc3C)ccc2CNC(=O)[C@@H]2C[C@@H](O)CN2C(=O)[C@@H](NC(=O)C2(F)CC2)C(C)(C)C)cc1. The lowest BCUT2D eigenvalue weighted by Crippen LogP contribution is -2.59. The van der Waals surface area contributed by atoms with Gasteiger partial charge in [0.1, 0.15) is 17.8 Å². The lowest BCUT2D eigenvalue weighted by molar-refractivity contribution is -0.145. The van der Waals surface area contributed by atoms with Gasteiger partial charge in [-0.2, -0.15) is 0 Å². The molecule has 2 heterocycles. The van der Waals surface area contributed by atoms with Gasteiger partial charge in [0.05, 0.1) is 28.8 Å². The molecule has 1 aromatic heterocycles. The van der Waals surface area contributed by atoms with Gasteiger partial charge >= 0.3 is 0 Å². The average molecular weight is 753 g/mol. The third-order valence-electron chi connectivity index (χ3n) is 9.63. The minimum absolute atomic E-state index is 0.0429. The average Bonchev–Trinajstić information content (AvgIpc) is 3.53. The number of ether oxygens (including phenoxy) is 3. The summed E-state index contributed by atoms with van der Waals surface area (Å²) in [5, 5.41) is 16.1. The monoisotopic (exact) mass is 752 g/mol. The Morgan fingerprint density at radius 1 is 1.09 bits per heavy atom. The number of aliphatic hydroxyl groups is 1. The number of aryl methyl sites for hydroxylation is 2. The molecule has 0 spiro atoms. The van der Waals surface area contributed by atoms with Crippen molar-refractivity contribution in [3.63, 3.8) is 0 Å². The first-order valence-corrected chi connectivity index (χ1v) is 19.4. The van der Waals surface area contributed by atoms with Crippen LogP contribution in [-0.2, 0) is 36.8 Å². The second-order valence-corrected chi connectivity index (χ2v) is 15.7. The van der Waals surface area contributed by atoms with Crippen LogP contribution in [0.2, 0.25) is 0 Å². The number of nitrogens with one attached hydrogen (secondary N) is 2. The summed E-state index contributed by atoms with van der Waals surface area (Å²) in [5.41, 5.74) is 3.83. The van der Waals surface area contributed by atoms with Crippen LogP contribution in [0.3, 0.4) is 0 Å². The Labute approximate surface area is 315 Å². The number of halogens is 1. The number of nitrogens with zero attached hydrogens (tertiary/aromatic N) is 2. The van der Waals surface area contributed by atoms with Crippen molar-refractivity contribution >= 4 is 29.1 Å². The summed E-state index contributed by atoms with van der Waals surface area (Å²) in [5.74, 6) is -1.16. The van der Waals surface area contributed by atoms with Gasteiger partial charge in [-0.05, 0) is 69.1 Å². The molecule has 2 fully saturated rings. The van der Waals surface area contributed by atoms with Gasteiger partial charge in [-0.1, -0.05) is 57.2 Å². The van der Waals surface area contributed by atoms with Crippen LogP contribution < -0.4 is 15.4 Å². The number of hydrogen-bond donors (Lipinski definition) is 3. The first-order valence-electron chi connectivity index (χ1n) is 18.5. The number of benzene rings is 2. The molecule has 3 amide bonds. The van der Waals surface area contributed by atoms with Gasteiger partial charge in [0.25, 0.3) is 5.91 Å². The van der Waals surface area contributed by atoms with Crippen LogP contribution in [0.1, 0.15) is 89.0 Å². The summed E-state index contributed by atoms with van der Waals surface area (Å²) in [6.07, 6.45) is 0.518. The Bertz CT molecular complexity index is 1720. The highest BCUT2D eigenvalue weighted by Crippen LogP contribution is 2.40. The number of aromatic nitrogens is 1. The molecule has 53 heavy (non-hydrogen) atoms. The molecule has 11 nitrogen and oxygen atoms in total. The van der Waals surface area contributed by atoms with Crippen molar-refractivity contribution < 1.29 is 38.1 Å². The first-order chi connectivity index (χ1) is 25.2. The molecule has 5 rings (SSSR count). The summed E-state index contributed by atoms with van der Waals surface area (Å²) < 4.78 is 32.3. The summed E-state index contributed by atoms with van der Waals surface area (Å²) in [6.45, 7) is 12.8. The molecular weight excluding hydrogens is 700 g/mol. The number of alkyl halides is 1. The summed E-state index contributed by atoms with van der Waals surface area (Å²) in [6, 6.07) is 12.0. The van der Waals surface area contributed by atoms with Crippen LogP contribution in [0.5, 0.6) is 5.75 Å². The molecule has 0 unspecified atom stereocenters. The Kier molecular flexibility index (Phi) is 13.3. The zero-order valence-electron chi connectivity index (χ0n) is 31.6. The van der Waals surface area contributed by atoms with Gasteiger partial charge in [-0.25, -0.2) is 9.37 Å². The second kappa shape index (κ2) is 17.5. The smallest absolute Gasteiger partial charge is 0.258 e. The van der Waals surface area contributed by atoms with E-state index in [2.05, 4.69) is 27.8 Å². The Hall–Kier alpha value is -3.91. The van der Waals surface area contributed by atoms with Gasteiger partial charge in [0.15, 0.2) is 12.0 Å². The number of aliphatic hydroxyl groups excluding tert-OH is 1. The Balaban J connectivity index is 1.25. The van der Waals surface area contributed by atoms with Gasteiger partial charge in [-0.3, -0.25) is 14.4 Å². The maximum absolute atomic E-state index is 14.6. The minimum Gasteiger partial charge on any atom is -0.493 e. The number of thiazole rings is 1. The van der Waals surface area contributed by atoms with Crippen molar-refractivity contribution in [2.75, 3.05) is 26.4 Å². The van der Waals surface area contributed by atoms with Crippen molar-refractivity contribution in [3.8, 4) is 16.2 Å². The van der Waals surface area contributed by atoms with E-state index in [1.807, 2.05) is 51.1 Å². The van der Waals surface area contributed by atoms with E-state index >= 15 is 0 Å². The summed E-state index contributed by atoms with van der Waals surface area (Å²) in [4.78, 5) is 46.9. The van der Waals surface area contributed by atoms with Crippen molar-refractivity contribution in [2.45, 2.75) is 110 Å². The van der Waals surface area contributed by atoms with Crippen molar-refractivity contribution in [3.05, 3.63) is 70.4 Å². The van der Waals surface area contributed by atoms with E-state index in [0.29, 0.717) is 25.6 Å². The van der Waals surface area contributed by atoms with E-state index < -0.39 is 47.0 Å². The number of amides is 3. The topological polar surface area (TPSA) is 139 Å². The van der Waals surface area contributed by atoms with Crippen LogP contribution >= 0.6 is 11.3 Å². The molecule has 0 bridgehead atoms. The number of hydrogen-bond acceptors (Lipinski definition) is 9. The van der Waals surface area contributed by atoms with E-state index in [0.717, 1.165) is 45.7 Å². The predicted molar refractivity (Wildman–Crippen MR) is 201 cm³/mol. The molecule has 288 valence electrons. The van der Waals surface area contributed by atoms with Crippen molar-refractivity contribution in [1.82, 2.24) is 20.5 Å². The van der Waals surface area contributed by atoms with E-state index in [1.54, 1.807) is 26.3 Å². The van der Waals surface area contributed by atoms with Crippen molar-refractivity contribution in [2.24, 2.45) is 5.41 Å². The highest BCUT2D eigenvalue weighted by atomic mass is 32.1. The molecule has 1 saturated carbocycles. The van der Waals surface area contributed by atoms with Gasteiger partial charge in [0, 0.05) is 43.9 Å². The number of carbonyl (C=O) groups excluding carboxylic acids is 3. The fourth-order valence-corrected chi connectivity index (χ4v) is 7.22. The molecule has 1 aliphatic carbocycles. The Morgan fingerprint density at radius 2 is 1.79 bits per heavy atom. The predicted octanol–water partition coefficient (Wildman–Crippen LogP) is 5.81. The van der Waals surface area contributed by atoms with E-state index in [1.165, 1.54) is 16.2 Å². The van der Waals surface area contributed by atoms with Crippen LogP contribution in [-0.4, -0.2) is 82.9 Å². The number of likely N-dealkylation sites (tertiary alicyclic amines) is 1. The zero-order valence-corrected chi connectivity index (χ0v) is 32.4. The number of carbonyl (C=O) groups is 3. The standard InChI is InChI=1S/C40H53FN4O7S/c1-7-50-37(51-8-2)27-13-11-26(12-14-27)10-9-19-52-32-20-28(33-25(3)43-24-53-33)15-16-29(32)22-42-35(47)31-21-30(46)23-45(31)36(48)34(39(4,5)6)44-38(49)40(41)17-18-40/h11-16,20,24,30-31,34,37,46H,7-10,17-19,21-23H2,1-6H3,(H,42,47)(H,44,49)/t30-,31+,34-/m1/s1. The quantitative estimate of drug-likeness (QED) is 0.116. The van der Waals surface area contributed by atoms with E-state index in [4.69, 9.17) is 14.2 Å². The Morgan fingerprint density at radius 3 is 2.40 bits per heavy atom. The molecular formula is C40H53FN4O7S. The highest BCUT2D eigenvalue weighted by molar-refractivity contribution is 7.13.